The lowest BCUT2D eigenvalue weighted by molar-refractivity contribution is 0.545. The summed E-state index contributed by atoms with van der Waals surface area (Å²) in [6.45, 7) is 16.7. The molecule has 0 radical (unpaired) electrons. The predicted molar refractivity (Wildman–Crippen MR) is 83.0 cm³/mol. The van der Waals surface area contributed by atoms with E-state index in [1.165, 1.54) is 0 Å². The van der Waals surface area contributed by atoms with E-state index >= 15 is 0 Å². The molecule has 108 valence electrons. The Hall–Kier alpha value is -1.32. The van der Waals surface area contributed by atoms with E-state index in [2.05, 4.69) is 64.1 Å². The lowest BCUT2D eigenvalue weighted by Crippen LogP contribution is -2.21. The van der Waals surface area contributed by atoms with Crippen LogP contribution in [0, 0.1) is 12.8 Å². The lowest BCUT2D eigenvalue weighted by atomic mass is 9.95. The Labute approximate surface area is 117 Å². The van der Waals surface area contributed by atoms with Gasteiger partial charge in [-0.05, 0) is 19.8 Å². The summed E-state index contributed by atoms with van der Waals surface area (Å²) < 4.78 is 0. The zero-order valence-electron chi connectivity index (χ0n) is 13.4. The predicted octanol–water partition coefficient (Wildman–Crippen LogP) is 3.58. The molecule has 4 heteroatoms. The fourth-order valence-corrected chi connectivity index (χ4v) is 1.66. The molecule has 1 aromatic heterocycles. The number of hydrogen-bond donors (Lipinski definition) is 2. The number of rotatable bonds is 5. The molecule has 0 fully saturated rings. The average Bonchev–Trinajstić information content (AvgIpc) is 2.28. The van der Waals surface area contributed by atoms with Gasteiger partial charge in [-0.15, -0.1) is 0 Å². The van der Waals surface area contributed by atoms with Gasteiger partial charge in [-0.2, -0.15) is 0 Å². The van der Waals surface area contributed by atoms with Crippen LogP contribution in [0.1, 0.15) is 52.9 Å². The second-order valence-corrected chi connectivity index (χ2v) is 6.42. The summed E-state index contributed by atoms with van der Waals surface area (Å²) in [6.07, 6.45) is 0. The van der Waals surface area contributed by atoms with E-state index in [4.69, 9.17) is 4.98 Å². The first-order valence-corrected chi connectivity index (χ1v) is 7.12. The quantitative estimate of drug-likeness (QED) is 0.853. The molecule has 0 saturated heterocycles. The Kier molecular flexibility index (Phi) is 5.15. The zero-order valence-corrected chi connectivity index (χ0v) is 13.4. The van der Waals surface area contributed by atoms with E-state index in [-0.39, 0.29) is 5.41 Å². The summed E-state index contributed by atoms with van der Waals surface area (Å²) in [6, 6.07) is 0. The van der Waals surface area contributed by atoms with Crippen molar-refractivity contribution in [1.82, 2.24) is 9.97 Å². The number of hydrogen-bond acceptors (Lipinski definition) is 4. The van der Waals surface area contributed by atoms with Gasteiger partial charge in [0.1, 0.15) is 17.5 Å². The molecule has 0 bridgehead atoms. The summed E-state index contributed by atoms with van der Waals surface area (Å²) in [4.78, 5) is 9.36. The maximum atomic E-state index is 4.70. The molecule has 1 heterocycles. The first-order valence-electron chi connectivity index (χ1n) is 7.12. The van der Waals surface area contributed by atoms with Crippen LogP contribution in [0.4, 0.5) is 11.6 Å². The Morgan fingerprint density at radius 3 is 2.00 bits per heavy atom. The molecule has 0 atom stereocenters. The van der Waals surface area contributed by atoms with Crippen molar-refractivity contribution < 1.29 is 0 Å². The molecule has 0 amide bonds. The summed E-state index contributed by atoms with van der Waals surface area (Å²) >= 11 is 0. The lowest BCUT2D eigenvalue weighted by Gasteiger charge is -2.21. The van der Waals surface area contributed by atoms with Crippen molar-refractivity contribution in [2.75, 3.05) is 23.7 Å². The average molecular weight is 264 g/mol. The summed E-state index contributed by atoms with van der Waals surface area (Å²) in [7, 11) is 0. The van der Waals surface area contributed by atoms with Crippen LogP contribution in [0.25, 0.3) is 0 Å². The standard InChI is InChI=1S/C15H28N4/c1-8-16-12-11(4)13(17-9-10(2)3)19-14(18-12)15(5,6)7/h10H,8-9H2,1-7H3,(H2,16,17,18,19). The van der Waals surface area contributed by atoms with Gasteiger partial charge in [0.15, 0.2) is 0 Å². The smallest absolute Gasteiger partial charge is 0.138 e. The molecule has 0 aliphatic heterocycles. The van der Waals surface area contributed by atoms with Gasteiger partial charge in [0.05, 0.1) is 0 Å². The molecule has 0 aliphatic carbocycles. The topological polar surface area (TPSA) is 49.8 Å². The second kappa shape index (κ2) is 6.22. The Morgan fingerprint density at radius 1 is 1.05 bits per heavy atom. The number of aromatic nitrogens is 2. The fraction of sp³-hybridized carbons (Fsp3) is 0.733. The van der Waals surface area contributed by atoms with E-state index in [1.54, 1.807) is 0 Å². The van der Waals surface area contributed by atoms with Crippen molar-refractivity contribution in [1.29, 1.82) is 0 Å². The van der Waals surface area contributed by atoms with Gasteiger partial charge in [0.2, 0.25) is 0 Å². The Bertz CT molecular complexity index is 419. The molecule has 0 spiro atoms. The highest BCUT2D eigenvalue weighted by atomic mass is 15.1. The molecule has 4 nitrogen and oxygen atoms in total. The first-order chi connectivity index (χ1) is 8.75. The normalized spacial score (nSPS) is 11.8. The van der Waals surface area contributed by atoms with Crippen molar-refractivity contribution in [3.05, 3.63) is 11.4 Å². The summed E-state index contributed by atoms with van der Waals surface area (Å²) in [5.41, 5.74) is 1.04. The van der Waals surface area contributed by atoms with Gasteiger partial charge in [0.25, 0.3) is 0 Å². The molecular weight excluding hydrogens is 236 g/mol. The van der Waals surface area contributed by atoms with Crippen LogP contribution < -0.4 is 10.6 Å². The molecule has 19 heavy (non-hydrogen) atoms. The second-order valence-electron chi connectivity index (χ2n) is 6.42. The van der Waals surface area contributed by atoms with E-state index in [0.29, 0.717) is 5.92 Å². The van der Waals surface area contributed by atoms with Crippen LogP contribution in [0.5, 0.6) is 0 Å². The molecule has 0 aliphatic rings. The number of nitrogens with zero attached hydrogens (tertiary/aromatic N) is 2. The molecule has 1 rings (SSSR count). The minimum Gasteiger partial charge on any atom is -0.370 e. The summed E-state index contributed by atoms with van der Waals surface area (Å²) in [5, 5.41) is 6.76. The van der Waals surface area contributed by atoms with Crippen molar-refractivity contribution >= 4 is 11.6 Å². The summed E-state index contributed by atoms with van der Waals surface area (Å²) in [5.74, 6) is 3.36. The largest absolute Gasteiger partial charge is 0.370 e. The van der Waals surface area contributed by atoms with Crippen LogP contribution in [0.15, 0.2) is 0 Å². The van der Waals surface area contributed by atoms with E-state index in [1.807, 2.05) is 0 Å². The van der Waals surface area contributed by atoms with Crippen molar-refractivity contribution in [3.63, 3.8) is 0 Å². The Balaban J connectivity index is 3.16. The van der Waals surface area contributed by atoms with Crippen molar-refractivity contribution in [3.8, 4) is 0 Å². The number of anilines is 2. The van der Waals surface area contributed by atoms with Gasteiger partial charge in [-0.3, -0.25) is 0 Å². The van der Waals surface area contributed by atoms with Crippen LogP contribution in [-0.2, 0) is 5.41 Å². The minimum absolute atomic E-state index is 0.0495. The third-order valence-corrected chi connectivity index (χ3v) is 2.84. The van der Waals surface area contributed by atoms with E-state index in [9.17, 15) is 0 Å². The molecule has 0 aromatic carbocycles. The zero-order chi connectivity index (χ0) is 14.6. The third-order valence-electron chi connectivity index (χ3n) is 2.84. The Morgan fingerprint density at radius 2 is 1.58 bits per heavy atom. The van der Waals surface area contributed by atoms with Gasteiger partial charge < -0.3 is 10.6 Å². The van der Waals surface area contributed by atoms with Crippen LogP contribution in [0.2, 0.25) is 0 Å². The van der Waals surface area contributed by atoms with Crippen LogP contribution in [-0.4, -0.2) is 23.1 Å². The SMILES string of the molecule is CCNc1nc(C(C)(C)C)nc(NCC(C)C)c1C. The maximum Gasteiger partial charge on any atom is 0.138 e. The van der Waals surface area contributed by atoms with Gasteiger partial charge >= 0.3 is 0 Å². The third kappa shape index (κ3) is 4.37. The maximum absolute atomic E-state index is 4.70. The van der Waals surface area contributed by atoms with Gasteiger partial charge in [-0.1, -0.05) is 34.6 Å². The first kappa shape index (κ1) is 15.7. The number of nitrogens with one attached hydrogen (secondary N) is 2. The van der Waals surface area contributed by atoms with Crippen LogP contribution in [0.3, 0.4) is 0 Å². The molecule has 0 unspecified atom stereocenters. The highest BCUT2D eigenvalue weighted by molar-refractivity contribution is 5.57. The minimum atomic E-state index is -0.0495. The van der Waals surface area contributed by atoms with Gasteiger partial charge in [-0.25, -0.2) is 9.97 Å². The molecule has 0 saturated carbocycles. The van der Waals surface area contributed by atoms with E-state index < -0.39 is 0 Å². The van der Waals surface area contributed by atoms with Gasteiger partial charge in [0, 0.05) is 24.1 Å². The molecule has 2 N–H and O–H groups in total. The molecular formula is C15H28N4. The monoisotopic (exact) mass is 264 g/mol. The molecule has 1 aromatic rings. The van der Waals surface area contributed by atoms with Crippen molar-refractivity contribution in [2.24, 2.45) is 5.92 Å². The fourth-order valence-electron chi connectivity index (χ4n) is 1.66. The van der Waals surface area contributed by atoms with Crippen LogP contribution >= 0.6 is 0 Å². The highest BCUT2D eigenvalue weighted by Crippen LogP contribution is 2.26. The highest BCUT2D eigenvalue weighted by Gasteiger charge is 2.21. The van der Waals surface area contributed by atoms with Crippen molar-refractivity contribution in [2.45, 2.75) is 53.9 Å². The van der Waals surface area contributed by atoms with E-state index in [0.717, 1.165) is 36.1 Å².